The van der Waals surface area contributed by atoms with Crippen molar-refractivity contribution in [1.82, 2.24) is 15.2 Å². The minimum atomic E-state index is -0.277. The molecule has 0 unspecified atom stereocenters. The Balaban J connectivity index is 1.51. The molecule has 0 bridgehead atoms. The number of fused-ring (bicyclic) bond motifs is 1. The predicted octanol–water partition coefficient (Wildman–Crippen LogP) is 3.59. The van der Waals surface area contributed by atoms with Crippen LogP contribution in [0.25, 0.3) is 10.9 Å². The van der Waals surface area contributed by atoms with Crippen LogP contribution in [0.3, 0.4) is 0 Å². The van der Waals surface area contributed by atoms with E-state index in [1.165, 1.54) is 23.9 Å². The zero-order chi connectivity index (χ0) is 20.1. The summed E-state index contributed by atoms with van der Waals surface area (Å²) in [4.78, 5) is 20.7. The van der Waals surface area contributed by atoms with E-state index in [2.05, 4.69) is 15.2 Å². The second kappa shape index (κ2) is 9.35. The van der Waals surface area contributed by atoms with Crippen molar-refractivity contribution in [2.75, 3.05) is 39.4 Å². The fraction of sp³-hybridized carbons (Fsp3) is 0.273. The van der Waals surface area contributed by atoms with E-state index < -0.39 is 0 Å². The number of morpholine rings is 1. The van der Waals surface area contributed by atoms with Gasteiger partial charge in [-0.3, -0.25) is 9.69 Å². The standard InChI is InChI=1S/C22H22FN3O2S/c23-16-5-7-17(8-6-16)29-21-15-19(18-3-1-2-4-20(18)25-21)22(27)24-9-10-26-11-13-28-14-12-26/h1-8,15H,9-14H2,(H,24,27). The molecule has 1 N–H and O–H groups in total. The molecular weight excluding hydrogens is 389 g/mol. The van der Waals surface area contributed by atoms with Crippen LogP contribution in [-0.2, 0) is 4.74 Å². The summed E-state index contributed by atoms with van der Waals surface area (Å²) in [6, 6.07) is 15.7. The van der Waals surface area contributed by atoms with Crippen LogP contribution >= 0.6 is 11.8 Å². The van der Waals surface area contributed by atoms with E-state index in [0.29, 0.717) is 17.1 Å². The molecule has 7 heteroatoms. The van der Waals surface area contributed by atoms with Crippen molar-refractivity contribution >= 4 is 28.6 Å². The van der Waals surface area contributed by atoms with E-state index in [9.17, 15) is 9.18 Å². The summed E-state index contributed by atoms with van der Waals surface area (Å²) in [7, 11) is 0. The van der Waals surface area contributed by atoms with Gasteiger partial charge in [0.2, 0.25) is 0 Å². The van der Waals surface area contributed by atoms with Gasteiger partial charge in [0.25, 0.3) is 5.91 Å². The van der Waals surface area contributed by atoms with Crippen molar-refractivity contribution in [3.05, 3.63) is 66.0 Å². The number of benzene rings is 2. The first-order valence-electron chi connectivity index (χ1n) is 9.60. The number of nitrogens with one attached hydrogen (secondary N) is 1. The Bertz CT molecular complexity index is 991. The number of nitrogens with zero attached hydrogens (tertiary/aromatic N) is 2. The van der Waals surface area contributed by atoms with Crippen LogP contribution in [0.5, 0.6) is 0 Å². The monoisotopic (exact) mass is 411 g/mol. The highest BCUT2D eigenvalue weighted by atomic mass is 32.2. The van der Waals surface area contributed by atoms with Crippen molar-refractivity contribution in [3.63, 3.8) is 0 Å². The quantitative estimate of drug-likeness (QED) is 0.672. The maximum atomic E-state index is 13.2. The summed E-state index contributed by atoms with van der Waals surface area (Å²) < 4.78 is 18.5. The third-order valence-electron chi connectivity index (χ3n) is 4.79. The highest BCUT2D eigenvalue weighted by Crippen LogP contribution is 2.29. The molecule has 0 spiro atoms. The Hall–Kier alpha value is -2.48. The number of carbonyl (C=O) groups excluding carboxylic acids is 1. The molecule has 3 aromatic rings. The summed E-state index contributed by atoms with van der Waals surface area (Å²) in [5, 5.41) is 4.55. The summed E-state index contributed by atoms with van der Waals surface area (Å²) in [5.41, 5.74) is 1.36. The average molecular weight is 412 g/mol. The molecule has 1 aliphatic rings. The second-order valence-electron chi connectivity index (χ2n) is 6.79. The van der Waals surface area contributed by atoms with E-state index >= 15 is 0 Å². The van der Waals surface area contributed by atoms with Gasteiger partial charge in [0.1, 0.15) is 10.8 Å². The third-order valence-corrected chi connectivity index (χ3v) is 5.72. The van der Waals surface area contributed by atoms with Crippen LogP contribution in [0.4, 0.5) is 4.39 Å². The van der Waals surface area contributed by atoms with Gasteiger partial charge in [0.05, 0.1) is 24.3 Å². The number of amides is 1. The Morgan fingerprint density at radius 2 is 1.90 bits per heavy atom. The van der Waals surface area contributed by atoms with Gasteiger partial charge in [0, 0.05) is 36.5 Å². The van der Waals surface area contributed by atoms with Crippen LogP contribution in [0.2, 0.25) is 0 Å². The van der Waals surface area contributed by atoms with Gasteiger partial charge >= 0.3 is 0 Å². The summed E-state index contributed by atoms with van der Waals surface area (Å²) in [5.74, 6) is -0.390. The van der Waals surface area contributed by atoms with E-state index in [1.54, 1.807) is 18.2 Å². The SMILES string of the molecule is O=C(NCCN1CCOCC1)c1cc(Sc2ccc(F)cc2)nc2ccccc12. The zero-order valence-corrected chi connectivity index (χ0v) is 16.8. The van der Waals surface area contributed by atoms with Crippen LogP contribution in [0, 0.1) is 5.82 Å². The molecule has 1 aliphatic heterocycles. The van der Waals surface area contributed by atoms with Crippen LogP contribution in [0.15, 0.2) is 64.5 Å². The van der Waals surface area contributed by atoms with Crippen LogP contribution < -0.4 is 5.32 Å². The van der Waals surface area contributed by atoms with E-state index in [4.69, 9.17) is 4.74 Å². The van der Waals surface area contributed by atoms with Crippen molar-refractivity contribution in [2.45, 2.75) is 9.92 Å². The number of ether oxygens (including phenoxy) is 1. The lowest BCUT2D eigenvalue weighted by Crippen LogP contribution is -2.41. The van der Waals surface area contributed by atoms with E-state index in [1.807, 2.05) is 24.3 Å². The maximum Gasteiger partial charge on any atom is 0.252 e. The van der Waals surface area contributed by atoms with E-state index in [0.717, 1.165) is 48.6 Å². The topological polar surface area (TPSA) is 54.5 Å². The summed E-state index contributed by atoms with van der Waals surface area (Å²) >= 11 is 1.41. The van der Waals surface area contributed by atoms with Crippen LogP contribution in [0.1, 0.15) is 10.4 Å². The third kappa shape index (κ3) is 5.12. The minimum Gasteiger partial charge on any atom is -0.379 e. The predicted molar refractivity (Wildman–Crippen MR) is 112 cm³/mol. The van der Waals surface area contributed by atoms with Gasteiger partial charge in [-0.05, 0) is 36.4 Å². The number of hydrogen-bond donors (Lipinski definition) is 1. The van der Waals surface area contributed by atoms with E-state index in [-0.39, 0.29) is 11.7 Å². The molecule has 150 valence electrons. The molecule has 2 heterocycles. The number of rotatable bonds is 6. The highest BCUT2D eigenvalue weighted by molar-refractivity contribution is 7.99. The maximum absolute atomic E-state index is 13.2. The molecule has 0 saturated carbocycles. The lowest BCUT2D eigenvalue weighted by molar-refractivity contribution is 0.0383. The number of pyridine rings is 1. The lowest BCUT2D eigenvalue weighted by Gasteiger charge is -2.26. The summed E-state index contributed by atoms with van der Waals surface area (Å²) in [6.07, 6.45) is 0. The second-order valence-corrected chi connectivity index (χ2v) is 7.88. The molecule has 1 saturated heterocycles. The lowest BCUT2D eigenvalue weighted by atomic mass is 10.1. The molecule has 0 atom stereocenters. The molecule has 1 aromatic heterocycles. The van der Waals surface area contributed by atoms with Crippen molar-refractivity contribution in [3.8, 4) is 0 Å². The van der Waals surface area contributed by atoms with Crippen molar-refractivity contribution < 1.29 is 13.9 Å². The first-order chi connectivity index (χ1) is 14.2. The minimum absolute atomic E-state index is 0.113. The van der Waals surface area contributed by atoms with Gasteiger partial charge < -0.3 is 10.1 Å². The van der Waals surface area contributed by atoms with Crippen molar-refractivity contribution in [2.24, 2.45) is 0 Å². The Kier molecular flexibility index (Phi) is 6.39. The largest absolute Gasteiger partial charge is 0.379 e. The van der Waals surface area contributed by atoms with Crippen LogP contribution in [-0.4, -0.2) is 55.2 Å². The summed E-state index contributed by atoms with van der Waals surface area (Å²) in [6.45, 7) is 4.66. The smallest absolute Gasteiger partial charge is 0.252 e. The highest BCUT2D eigenvalue weighted by Gasteiger charge is 2.15. The molecule has 0 aliphatic carbocycles. The normalized spacial score (nSPS) is 14.8. The van der Waals surface area contributed by atoms with Gasteiger partial charge in [0.15, 0.2) is 0 Å². The molecule has 29 heavy (non-hydrogen) atoms. The first-order valence-corrected chi connectivity index (χ1v) is 10.4. The molecule has 2 aromatic carbocycles. The van der Waals surface area contributed by atoms with Gasteiger partial charge in [-0.25, -0.2) is 9.37 Å². The Morgan fingerprint density at radius 3 is 2.69 bits per heavy atom. The molecule has 1 fully saturated rings. The van der Waals surface area contributed by atoms with Gasteiger partial charge in [-0.2, -0.15) is 0 Å². The average Bonchev–Trinajstić information content (AvgIpc) is 2.75. The fourth-order valence-electron chi connectivity index (χ4n) is 3.26. The number of para-hydroxylation sites is 1. The number of carbonyl (C=O) groups is 1. The molecule has 0 radical (unpaired) electrons. The Labute approximate surface area is 173 Å². The van der Waals surface area contributed by atoms with Gasteiger partial charge in [-0.1, -0.05) is 30.0 Å². The fourth-order valence-corrected chi connectivity index (χ4v) is 4.10. The molecular formula is C22H22FN3O2S. The van der Waals surface area contributed by atoms with Gasteiger partial charge in [-0.15, -0.1) is 0 Å². The molecule has 5 nitrogen and oxygen atoms in total. The number of halogens is 1. The first kappa shape index (κ1) is 19.8. The zero-order valence-electron chi connectivity index (χ0n) is 15.9. The number of hydrogen-bond acceptors (Lipinski definition) is 5. The Morgan fingerprint density at radius 1 is 1.14 bits per heavy atom. The molecule has 1 amide bonds. The number of aromatic nitrogens is 1. The molecule has 4 rings (SSSR count). The van der Waals surface area contributed by atoms with Crippen molar-refractivity contribution in [1.29, 1.82) is 0 Å².